The Morgan fingerprint density at radius 1 is 1.10 bits per heavy atom. The zero-order valence-corrected chi connectivity index (χ0v) is 18.4. The summed E-state index contributed by atoms with van der Waals surface area (Å²) in [6, 6.07) is 11.5. The molecule has 152 valence electrons. The normalized spacial score (nSPS) is 20.9. The van der Waals surface area contributed by atoms with E-state index in [1.165, 1.54) is 6.08 Å². The van der Waals surface area contributed by atoms with Crippen molar-refractivity contribution in [3.8, 4) is 11.3 Å². The SMILES string of the molecule is C=CC(=O)N(CI)c1ccc(-c2ccc(C(=O)N3CCN4CCC3CC4)o2)cc1. The Bertz CT molecular complexity index is 900. The molecule has 6 nitrogen and oxygen atoms in total. The van der Waals surface area contributed by atoms with E-state index in [0.717, 1.165) is 50.3 Å². The van der Waals surface area contributed by atoms with Gasteiger partial charge in [0.2, 0.25) is 0 Å². The highest BCUT2D eigenvalue weighted by Gasteiger charge is 2.33. The summed E-state index contributed by atoms with van der Waals surface area (Å²) in [5.74, 6) is 0.884. The second kappa shape index (κ2) is 8.71. The van der Waals surface area contributed by atoms with Crippen molar-refractivity contribution in [2.75, 3.05) is 35.6 Å². The molecule has 2 aromatic rings. The van der Waals surface area contributed by atoms with E-state index in [1.54, 1.807) is 11.0 Å². The number of amides is 2. The molecule has 3 aliphatic rings. The first-order chi connectivity index (χ1) is 14.1. The third kappa shape index (κ3) is 4.11. The van der Waals surface area contributed by atoms with E-state index in [-0.39, 0.29) is 11.8 Å². The van der Waals surface area contributed by atoms with Crippen LogP contribution in [0.5, 0.6) is 0 Å². The molecule has 3 aliphatic heterocycles. The van der Waals surface area contributed by atoms with E-state index in [1.807, 2.05) is 35.2 Å². The number of halogens is 1. The molecule has 0 N–H and O–H groups in total. The number of fused-ring (bicyclic) bond motifs is 4. The van der Waals surface area contributed by atoms with Crippen LogP contribution >= 0.6 is 22.6 Å². The molecule has 0 atom stereocenters. The number of furan rings is 1. The minimum absolute atomic E-state index is 0.0192. The summed E-state index contributed by atoms with van der Waals surface area (Å²) in [5.41, 5.74) is 1.67. The molecule has 3 saturated heterocycles. The van der Waals surface area contributed by atoms with Gasteiger partial charge in [0.25, 0.3) is 11.8 Å². The largest absolute Gasteiger partial charge is 0.451 e. The van der Waals surface area contributed by atoms with Gasteiger partial charge in [-0.2, -0.15) is 0 Å². The van der Waals surface area contributed by atoms with Gasteiger partial charge in [-0.25, -0.2) is 0 Å². The Morgan fingerprint density at radius 2 is 1.83 bits per heavy atom. The van der Waals surface area contributed by atoms with Gasteiger partial charge >= 0.3 is 0 Å². The lowest BCUT2D eigenvalue weighted by molar-refractivity contribution is -0.113. The lowest BCUT2D eigenvalue weighted by atomic mass is 10.1. The van der Waals surface area contributed by atoms with Gasteiger partial charge in [0.15, 0.2) is 5.76 Å². The Morgan fingerprint density at radius 3 is 2.48 bits per heavy atom. The number of anilines is 1. The second-order valence-corrected chi connectivity index (χ2v) is 8.05. The highest BCUT2D eigenvalue weighted by Crippen LogP contribution is 2.28. The maximum Gasteiger partial charge on any atom is 0.289 e. The lowest BCUT2D eigenvalue weighted by Gasteiger charge is -2.30. The van der Waals surface area contributed by atoms with Crippen LogP contribution in [0.25, 0.3) is 11.3 Å². The molecule has 0 unspecified atom stereocenters. The predicted molar refractivity (Wildman–Crippen MR) is 121 cm³/mol. The second-order valence-electron chi connectivity index (χ2n) is 7.37. The maximum atomic E-state index is 13.0. The summed E-state index contributed by atoms with van der Waals surface area (Å²) in [7, 11) is 0. The molecule has 7 heteroatoms. The molecule has 0 aliphatic carbocycles. The average molecular weight is 505 g/mol. The molecule has 0 spiro atoms. The zero-order chi connectivity index (χ0) is 20.4. The molecule has 0 saturated carbocycles. The molecule has 2 amide bonds. The molecule has 4 heterocycles. The van der Waals surface area contributed by atoms with Gasteiger partial charge in [-0.05, 0) is 55.3 Å². The number of alkyl halides is 1. The summed E-state index contributed by atoms with van der Waals surface area (Å²) >= 11 is 2.15. The van der Waals surface area contributed by atoms with Crippen molar-refractivity contribution in [1.29, 1.82) is 0 Å². The van der Waals surface area contributed by atoms with Crippen LogP contribution in [0.15, 0.2) is 53.5 Å². The minimum atomic E-state index is -0.138. The van der Waals surface area contributed by atoms with Crippen LogP contribution in [0.1, 0.15) is 23.4 Å². The van der Waals surface area contributed by atoms with Gasteiger partial charge in [0.1, 0.15) is 5.76 Å². The molecule has 1 aromatic heterocycles. The van der Waals surface area contributed by atoms with Crippen molar-refractivity contribution in [2.45, 2.75) is 18.9 Å². The fraction of sp³-hybridized carbons (Fsp3) is 0.364. The predicted octanol–water partition coefficient (Wildman–Crippen LogP) is 3.78. The van der Waals surface area contributed by atoms with Crippen LogP contribution < -0.4 is 4.90 Å². The number of benzene rings is 1. The monoisotopic (exact) mass is 505 g/mol. The number of hydrogen-bond donors (Lipinski definition) is 0. The molecule has 0 radical (unpaired) electrons. The van der Waals surface area contributed by atoms with Gasteiger partial charge in [-0.1, -0.05) is 29.2 Å². The van der Waals surface area contributed by atoms with Gasteiger partial charge < -0.3 is 14.2 Å². The molecular formula is C22H24IN3O3. The average Bonchev–Trinajstić information content (AvgIpc) is 3.07. The minimum Gasteiger partial charge on any atom is -0.451 e. The number of hydrogen-bond acceptors (Lipinski definition) is 4. The third-order valence-electron chi connectivity index (χ3n) is 5.76. The zero-order valence-electron chi connectivity index (χ0n) is 16.2. The summed E-state index contributed by atoms with van der Waals surface area (Å²) < 4.78 is 6.46. The molecule has 1 aromatic carbocycles. The van der Waals surface area contributed by atoms with Gasteiger partial charge in [-0.15, -0.1) is 0 Å². The molecule has 3 fully saturated rings. The summed E-state index contributed by atoms with van der Waals surface area (Å²) in [4.78, 5) is 31.0. The topological polar surface area (TPSA) is 57.0 Å². The number of carbonyl (C=O) groups is 2. The van der Waals surface area contributed by atoms with E-state index in [0.29, 0.717) is 22.1 Å². The summed E-state index contributed by atoms with van der Waals surface area (Å²) in [6.07, 6.45) is 3.39. The van der Waals surface area contributed by atoms with Crippen LogP contribution in [0, 0.1) is 0 Å². The number of piperidine rings is 1. The standard InChI is InChI=1S/C22H24IN3O3/c1-2-21(27)26(15-23)17-5-3-16(4-6-17)19-7-8-20(29-19)22(28)25-14-13-24-11-9-18(25)10-12-24/h2-8,18H,1,9-15H2. The third-order valence-corrected chi connectivity index (χ3v) is 6.44. The highest BCUT2D eigenvalue weighted by molar-refractivity contribution is 14.1. The van der Waals surface area contributed by atoms with Crippen molar-refractivity contribution >= 4 is 40.1 Å². The van der Waals surface area contributed by atoms with Crippen LogP contribution in [-0.2, 0) is 4.79 Å². The van der Waals surface area contributed by atoms with Gasteiger partial charge in [-0.3, -0.25) is 14.5 Å². The van der Waals surface area contributed by atoms with E-state index in [9.17, 15) is 9.59 Å². The smallest absolute Gasteiger partial charge is 0.289 e. The maximum absolute atomic E-state index is 13.0. The fourth-order valence-electron chi connectivity index (χ4n) is 4.07. The number of nitrogens with zero attached hydrogens (tertiary/aromatic N) is 3. The van der Waals surface area contributed by atoms with E-state index in [2.05, 4.69) is 34.1 Å². The van der Waals surface area contributed by atoms with Crippen molar-refractivity contribution < 1.29 is 14.0 Å². The van der Waals surface area contributed by atoms with Crippen LogP contribution in [0.3, 0.4) is 0 Å². The van der Waals surface area contributed by atoms with Crippen LogP contribution in [0.4, 0.5) is 5.69 Å². The van der Waals surface area contributed by atoms with E-state index < -0.39 is 0 Å². The fourth-order valence-corrected chi connectivity index (χ4v) is 4.80. The van der Waals surface area contributed by atoms with Crippen molar-refractivity contribution in [3.63, 3.8) is 0 Å². The van der Waals surface area contributed by atoms with E-state index >= 15 is 0 Å². The van der Waals surface area contributed by atoms with Crippen LogP contribution in [0.2, 0.25) is 0 Å². The Labute approximate surface area is 184 Å². The Hall–Kier alpha value is -2.13. The molecule has 5 rings (SSSR count). The Balaban J connectivity index is 1.51. The Kier molecular flexibility index (Phi) is 6.05. The first kappa shape index (κ1) is 20.2. The van der Waals surface area contributed by atoms with Gasteiger partial charge in [0.05, 0.1) is 4.55 Å². The van der Waals surface area contributed by atoms with Crippen molar-refractivity contribution in [2.24, 2.45) is 0 Å². The van der Waals surface area contributed by atoms with Crippen molar-refractivity contribution in [1.82, 2.24) is 9.80 Å². The van der Waals surface area contributed by atoms with Crippen molar-refractivity contribution in [3.05, 3.63) is 54.8 Å². The first-order valence-corrected chi connectivity index (χ1v) is 11.4. The molecule has 2 bridgehead atoms. The lowest BCUT2D eigenvalue weighted by Crippen LogP contribution is -2.41. The van der Waals surface area contributed by atoms with E-state index in [4.69, 9.17) is 4.42 Å². The highest BCUT2D eigenvalue weighted by atomic mass is 127. The molecule has 29 heavy (non-hydrogen) atoms. The molecular weight excluding hydrogens is 481 g/mol. The quantitative estimate of drug-likeness (QED) is 0.269. The summed E-state index contributed by atoms with van der Waals surface area (Å²) in [6.45, 7) is 7.40. The number of rotatable bonds is 5. The summed E-state index contributed by atoms with van der Waals surface area (Å²) in [5, 5.41) is 0. The number of carbonyl (C=O) groups excluding carboxylic acids is 2. The van der Waals surface area contributed by atoms with Gasteiger partial charge in [0, 0.05) is 43.5 Å². The first-order valence-electron chi connectivity index (χ1n) is 9.84. The van der Waals surface area contributed by atoms with Crippen LogP contribution in [-0.4, -0.2) is 58.4 Å².